The average Bonchev–Trinajstić information content (AvgIpc) is 2.39. The van der Waals surface area contributed by atoms with Gasteiger partial charge in [0.05, 0.1) is 24.2 Å². The van der Waals surface area contributed by atoms with Gasteiger partial charge in [0.15, 0.2) is 5.75 Å². The first kappa shape index (κ1) is 13.7. The van der Waals surface area contributed by atoms with Crippen molar-refractivity contribution in [3.8, 4) is 5.75 Å². The number of nitrogens with zero attached hydrogens (tertiary/aromatic N) is 2. The van der Waals surface area contributed by atoms with Crippen LogP contribution in [-0.2, 0) is 15.0 Å². The molecule has 1 aromatic rings. The Morgan fingerprint density at radius 1 is 1.32 bits per heavy atom. The molecule has 104 valence electrons. The van der Waals surface area contributed by atoms with Crippen molar-refractivity contribution in [3.63, 3.8) is 0 Å². The van der Waals surface area contributed by atoms with Crippen LogP contribution < -0.4 is 4.18 Å². The molecular formula is C10H12N2O6S. The van der Waals surface area contributed by atoms with Crippen LogP contribution in [0.3, 0.4) is 0 Å². The zero-order valence-corrected chi connectivity index (χ0v) is 10.7. The number of morpholine rings is 1. The van der Waals surface area contributed by atoms with Crippen LogP contribution in [0, 0.1) is 10.1 Å². The predicted molar refractivity (Wildman–Crippen MR) is 65.0 cm³/mol. The van der Waals surface area contributed by atoms with E-state index in [1.54, 1.807) is 0 Å². The Labute approximate surface area is 109 Å². The Balaban J connectivity index is 2.15. The summed E-state index contributed by atoms with van der Waals surface area (Å²) < 4.78 is 34.9. The van der Waals surface area contributed by atoms with Crippen LogP contribution in [-0.4, -0.2) is 43.9 Å². The lowest BCUT2D eigenvalue weighted by Crippen LogP contribution is -2.42. The lowest BCUT2D eigenvalue weighted by Gasteiger charge is -2.25. The number of nitro benzene ring substituents is 1. The molecule has 0 N–H and O–H groups in total. The van der Waals surface area contributed by atoms with E-state index in [0.717, 1.165) is 10.4 Å². The Morgan fingerprint density at radius 3 is 2.63 bits per heavy atom. The Hall–Kier alpha value is -1.71. The summed E-state index contributed by atoms with van der Waals surface area (Å²) in [6.45, 7) is 1.02. The fraction of sp³-hybridized carbons (Fsp3) is 0.400. The summed E-state index contributed by atoms with van der Waals surface area (Å²) in [7, 11) is -3.95. The topological polar surface area (TPSA) is 99.0 Å². The Morgan fingerprint density at radius 2 is 2.00 bits per heavy atom. The third-order valence-corrected chi connectivity index (χ3v) is 3.92. The van der Waals surface area contributed by atoms with Gasteiger partial charge in [-0.3, -0.25) is 10.1 Å². The molecule has 1 aliphatic heterocycles. The lowest BCUT2D eigenvalue weighted by atomic mass is 10.3. The average molecular weight is 288 g/mol. The van der Waals surface area contributed by atoms with Crippen molar-refractivity contribution < 1.29 is 22.3 Å². The van der Waals surface area contributed by atoms with Crippen molar-refractivity contribution >= 4 is 16.0 Å². The fourth-order valence-electron chi connectivity index (χ4n) is 1.59. The molecule has 0 bridgehead atoms. The van der Waals surface area contributed by atoms with Crippen molar-refractivity contribution in [1.82, 2.24) is 4.31 Å². The predicted octanol–water partition coefficient (Wildman–Crippen LogP) is 0.551. The maximum atomic E-state index is 11.9. The third-order valence-electron chi connectivity index (χ3n) is 2.52. The largest absolute Gasteiger partial charge is 0.385 e. The second-order valence-electron chi connectivity index (χ2n) is 3.81. The van der Waals surface area contributed by atoms with E-state index in [1.807, 2.05) is 0 Å². The molecule has 0 amide bonds. The molecule has 0 saturated carbocycles. The first-order valence-electron chi connectivity index (χ1n) is 5.51. The van der Waals surface area contributed by atoms with Crippen molar-refractivity contribution in [2.45, 2.75) is 0 Å². The van der Waals surface area contributed by atoms with Crippen molar-refractivity contribution in [1.29, 1.82) is 0 Å². The second kappa shape index (κ2) is 5.51. The number of rotatable bonds is 4. The second-order valence-corrected chi connectivity index (χ2v) is 5.35. The minimum Gasteiger partial charge on any atom is -0.379 e. The summed E-state index contributed by atoms with van der Waals surface area (Å²) in [6, 6.07) is 5.04. The quantitative estimate of drug-likeness (QED) is 0.592. The first-order valence-corrected chi connectivity index (χ1v) is 6.87. The summed E-state index contributed by atoms with van der Waals surface area (Å²) >= 11 is 0. The maximum Gasteiger partial charge on any atom is 0.385 e. The Bertz CT molecular complexity index is 567. The van der Waals surface area contributed by atoms with Crippen molar-refractivity contribution in [3.05, 3.63) is 34.4 Å². The summed E-state index contributed by atoms with van der Waals surface area (Å²) in [4.78, 5) is 9.98. The molecule has 0 aromatic heterocycles. The highest BCUT2D eigenvalue weighted by Gasteiger charge is 2.26. The zero-order chi connectivity index (χ0) is 13.9. The summed E-state index contributed by atoms with van der Waals surface area (Å²) in [6.07, 6.45) is 0. The van der Waals surface area contributed by atoms with Gasteiger partial charge in [0, 0.05) is 19.2 Å². The maximum absolute atomic E-state index is 11.9. The van der Waals surface area contributed by atoms with Crippen LogP contribution in [0.1, 0.15) is 0 Å². The fourth-order valence-corrected chi connectivity index (χ4v) is 2.64. The Kier molecular flexibility index (Phi) is 3.98. The molecule has 1 saturated heterocycles. The molecule has 9 heteroatoms. The van der Waals surface area contributed by atoms with Gasteiger partial charge in [0.2, 0.25) is 0 Å². The highest BCUT2D eigenvalue weighted by molar-refractivity contribution is 7.84. The van der Waals surface area contributed by atoms with E-state index in [4.69, 9.17) is 8.92 Å². The van der Waals surface area contributed by atoms with Crippen molar-refractivity contribution in [2.75, 3.05) is 26.3 Å². The monoisotopic (exact) mass is 288 g/mol. The number of benzene rings is 1. The minimum atomic E-state index is -3.95. The number of nitro groups is 1. The van der Waals surface area contributed by atoms with Gasteiger partial charge in [-0.2, -0.15) is 12.7 Å². The highest BCUT2D eigenvalue weighted by atomic mass is 32.2. The molecule has 0 radical (unpaired) electrons. The van der Waals surface area contributed by atoms with Crippen molar-refractivity contribution in [2.24, 2.45) is 0 Å². The van der Waals surface area contributed by atoms with E-state index >= 15 is 0 Å². The SMILES string of the molecule is O=[N+]([O-])c1cccc(OS(=O)(=O)N2CCOCC2)c1. The van der Waals surface area contributed by atoms with Gasteiger partial charge in [-0.05, 0) is 6.07 Å². The van der Waals surface area contributed by atoms with Gasteiger partial charge < -0.3 is 8.92 Å². The molecule has 1 fully saturated rings. The molecular weight excluding hydrogens is 276 g/mol. The summed E-state index contributed by atoms with van der Waals surface area (Å²) in [5.41, 5.74) is -0.227. The van der Waals surface area contributed by atoms with Crippen LogP contribution in [0.2, 0.25) is 0 Å². The molecule has 1 aromatic carbocycles. The van der Waals surface area contributed by atoms with E-state index in [9.17, 15) is 18.5 Å². The van der Waals surface area contributed by atoms with E-state index in [-0.39, 0.29) is 24.5 Å². The molecule has 0 unspecified atom stereocenters. The first-order chi connectivity index (χ1) is 8.99. The molecule has 19 heavy (non-hydrogen) atoms. The summed E-state index contributed by atoms with van der Waals surface area (Å²) in [5, 5.41) is 10.6. The molecule has 1 aliphatic rings. The third kappa shape index (κ3) is 3.40. The van der Waals surface area contributed by atoms with Crippen LogP contribution in [0.25, 0.3) is 0 Å². The zero-order valence-electron chi connectivity index (χ0n) is 9.89. The molecule has 2 rings (SSSR count). The van der Waals surface area contributed by atoms with Crippen LogP contribution in [0.15, 0.2) is 24.3 Å². The van der Waals surface area contributed by atoms with E-state index in [2.05, 4.69) is 0 Å². The smallest absolute Gasteiger partial charge is 0.379 e. The van der Waals surface area contributed by atoms with E-state index in [0.29, 0.717) is 13.2 Å². The van der Waals surface area contributed by atoms with Gasteiger partial charge in [-0.25, -0.2) is 0 Å². The highest BCUT2D eigenvalue weighted by Crippen LogP contribution is 2.21. The van der Waals surface area contributed by atoms with Crippen LogP contribution in [0.5, 0.6) is 5.75 Å². The lowest BCUT2D eigenvalue weighted by molar-refractivity contribution is -0.384. The van der Waals surface area contributed by atoms with Gasteiger partial charge in [-0.15, -0.1) is 0 Å². The van der Waals surface area contributed by atoms with E-state index < -0.39 is 15.2 Å². The molecule has 0 atom stereocenters. The number of hydrogen-bond donors (Lipinski definition) is 0. The number of hydrogen-bond acceptors (Lipinski definition) is 6. The molecule has 8 nitrogen and oxygen atoms in total. The minimum absolute atomic E-state index is 0.0827. The van der Waals surface area contributed by atoms with Crippen LogP contribution >= 0.6 is 0 Å². The molecule has 1 heterocycles. The van der Waals surface area contributed by atoms with Crippen LogP contribution in [0.4, 0.5) is 5.69 Å². The standard InChI is InChI=1S/C10H12N2O6S/c13-12(14)9-2-1-3-10(8-9)18-19(15,16)11-4-6-17-7-5-11/h1-3,8H,4-7H2. The van der Waals surface area contributed by atoms with Gasteiger partial charge in [0.1, 0.15) is 0 Å². The van der Waals surface area contributed by atoms with Gasteiger partial charge in [-0.1, -0.05) is 6.07 Å². The van der Waals surface area contributed by atoms with Gasteiger partial charge in [0.25, 0.3) is 5.69 Å². The van der Waals surface area contributed by atoms with E-state index in [1.165, 1.54) is 18.2 Å². The molecule has 0 spiro atoms. The molecule has 0 aliphatic carbocycles. The normalized spacial score (nSPS) is 17.1. The number of non-ortho nitro benzene ring substituents is 1. The summed E-state index contributed by atoms with van der Waals surface area (Å²) in [5.74, 6) is -0.0827. The van der Waals surface area contributed by atoms with Gasteiger partial charge >= 0.3 is 10.3 Å². The number of ether oxygens (including phenoxy) is 1.